The molecule has 27 heavy (non-hydrogen) atoms. The second kappa shape index (κ2) is 7.98. The summed E-state index contributed by atoms with van der Waals surface area (Å²) in [5.41, 5.74) is -1.23. The number of sulfonamides is 1. The monoisotopic (exact) mass is 391 g/mol. The van der Waals surface area contributed by atoms with E-state index in [0.29, 0.717) is 29.9 Å². The molecule has 0 saturated heterocycles. The van der Waals surface area contributed by atoms with E-state index in [1.54, 1.807) is 38.1 Å². The van der Waals surface area contributed by atoms with Crippen LogP contribution in [0.25, 0.3) is 0 Å². The fraction of sp³-hybridized carbons (Fsp3) is 0.429. The van der Waals surface area contributed by atoms with E-state index in [-0.39, 0.29) is 0 Å². The lowest BCUT2D eigenvalue weighted by Gasteiger charge is -2.38. The molecule has 6 heteroatoms. The van der Waals surface area contributed by atoms with Gasteiger partial charge in [0.15, 0.2) is 5.67 Å². The Labute approximate surface area is 160 Å². The number of halogens is 1. The molecule has 1 saturated carbocycles. The van der Waals surface area contributed by atoms with Crippen LogP contribution in [0, 0.1) is 0 Å². The van der Waals surface area contributed by atoms with E-state index >= 15 is 4.39 Å². The first-order valence-electron chi connectivity index (χ1n) is 9.35. The molecular weight excluding hydrogens is 365 g/mol. The highest BCUT2D eigenvalue weighted by atomic mass is 32.2. The van der Waals surface area contributed by atoms with Crippen molar-refractivity contribution in [3.05, 3.63) is 60.2 Å². The first-order valence-corrected chi connectivity index (χ1v) is 10.9. The third kappa shape index (κ3) is 4.50. The summed E-state index contributed by atoms with van der Waals surface area (Å²) < 4.78 is 48.9. The summed E-state index contributed by atoms with van der Waals surface area (Å²) in [4.78, 5) is 0. The standard InChI is InChI=1S/C21H26FNO3S/c1-16(2)27(24,25)23-20-10-6-7-15-21(20,22)17-11-13-19(14-12-17)26-18-8-4-3-5-9-18/h3-5,8-9,11-14,16,20,23H,6-7,10,15H2,1-2H3/t20-,21-/m1/s1. The molecule has 0 spiro atoms. The fourth-order valence-corrected chi connectivity index (χ4v) is 4.36. The van der Waals surface area contributed by atoms with Crippen molar-refractivity contribution < 1.29 is 17.5 Å². The molecule has 0 heterocycles. The molecule has 2 aromatic rings. The van der Waals surface area contributed by atoms with Gasteiger partial charge in [0.05, 0.1) is 11.3 Å². The quantitative estimate of drug-likeness (QED) is 0.761. The Hall–Kier alpha value is -1.92. The summed E-state index contributed by atoms with van der Waals surface area (Å²) >= 11 is 0. The summed E-state index contributed by atoms with van der Waals surface area (Å²) in [7, 11) is -3.54. The molecule has 0 radical (unpaired) electrons. The fourth-order valence-electron chi connectivity index (χ4n) is 3.39. The van der Waals surface area contributed by atoms with Gasteiger partial charge in [-0.3, -0.25) is 0 Å². The summed E-state index contributed by atoms with van der Waals surface area (Å²) in [6, 6.07) is 15.5. The Morgan fingerprint density at radius 3 is 2.30 bits per heavy atom. The minimum Gasteiger partial charge on any atom is -0.457 e. The molecule has 1 fully saturated rings. The van der Waals surface area contributed by atoms with Crippen molar-refractivity contribution in [1.82, 2.24) is 4.72 Å². The van der Waals surface area contributed by atoms with Crippen LogP contribution in [0.5, 0.6) is 11.5 Å². The second-order valence-corrected chi connectivity index (χ2v) is 9.58. The van der Waals surface area contributed by atoms with Gasteiger partial charge < -0.3 is 4.74 Å². The average molecular weight is 392 g/mol. The van der Waals surface area contributed by atoms with Crippen molar-refractivity contribution in [3.63, 3.8) is 0 Å². The topological polar surface area (TPSA) is 55.4 Å². The lowest BCUT2D eigenvalue weighted by Crippen LogP contribution is -2.51. The summed E-state index contributed by atoms with van der Waals surface area (Å²) in [6.07, 6.45) is 2.34. The number of hydrogen-bond donors (Lipinski definition) is 1. The molecule has 0 amide bonds. The smallest absolute Gasteiger partial charge is 0.214 e. The van der Waals surface area contributed by atoms with E-state index in [0.717, 1.165) is 12.8 Å². The molecule has 2 atom stereocenters. The van der Waals surface area contributed by atoms with Gasteiger partial charge >= 0.3 is 0 Å². The molecule has 146 valence electrons. The van der Waals surface area contributed by atoms with Gasteiger partial charge in [-0.2, -0.15) is 0 Å². The number of hydrogen-bond acceptors (Lipinski definition) is 3. The molecule has 4 nitrogen and oxygen atoms in total. The summed E-state index contributed by atoms with van der Waals surface area (Å²) in [5.74, 6) is 1.32. The number of alkyl halides is 1. The first kappa shape index (κ1) is 19.8. The van der Waals surface area contributed by atoms with Crippen LogP contribution in [0.4, 0.5) is 4.39 Å². The predicted octanol–water partition coefficient (Wildman–Crippen LogP) is 4.91. The first-order chi connectivity index (χ1) is 12.8. The van der Waals surface area contributed by atoms with E-state index in [1.165, 1.54) is 0 Å². The Balaban J connectivity index is 1.81. The Kier molecular flexibility index (Phi) is 5.86. The van der Waals surface area contributed by atoms with Crippen LogP contribution in [0.3, 0.4) is 0 Å². The van der Waals surface area contributed by atoms with Crippen LogP contribution in [-0.4, -0.2) is 19.7 Å². The normalized spacial score (nSPS) is 23.3. The van der Waals surface area contributed by atoms with E-state index < -0.39 is 27.0 Å². The minimum absolute atomic E-state index is 0.303. The third-order valence-electron chi connectivity index (χ3n) is 5.08. The van der Waals surface area contributed by atoms with Gasteiger partial charge in [-0.15, -0.1) is 0 Å². The van der Waals surface area contributed by atoms with Crippen LogP contribution >= 0.6 is 0 Å². The zero-order valence-corrected chi connectivity index (χ0v) is 16.5. The van der Waals surface area contributed by atoms with Crippen LogP contribution in [0.15, 0.2) is 54.6 Å². The van der Waals surface area contributed by atoms with Crippen molar-refractivity contribution in [2.75, 3.05) is 0 Å². The van der Waals surface area contributed by atoms with Gasteiger partial charge in [-0.05, 0) is 62.9 Å². The van der Waals surface area contributed by atoms with Crippen molar-refractivity contribution in [3.8, 4) is 11.5 Å². The van der Waals surface area contributed by atoms with Crippen molar-refractivity contribution in [1.29, 1.82) is 0 Å². The van der Waals surface area contributed by atoms with Crippen LogP contribution in [-0.2, 0) is 15.7 Å². The van der Waals surface area contributed by atoms with Gasteiger partial charge in [-0.1, -0.05) is 36.8 Å². The highest BCUT2D eigenvalue weighted by Gasteiger charge is 2.44. The number of ether oxygens (including phenoxy) is 1. The van der Waals surface area contributed by atoms with Crippen LogP contribution in [0.2, 0.25) is 0 Å². The number of benzene rings is 2. The highest BCUT2D eigenvalue weighted by Crippen LogP contribution is 2.42. The number of nitrogens with one attached hydrogen (secondary N) is 1. The average Bonchev–Trinajstić information content (AvgIpc) is 2.65. The Bertz CT molecular complexity index is 853. The Morgan fingerprint density at radius 2 is 1.67 bits per heavy atom. The molecular formula is C21H26FNO3S. The molecule has 0 bridgehead atoms. The highest BCUT2D eigenvalue weighted by molar-refractivity contribution is 7.90. The molecule has 2 aromatic carbocycles. The van der Waals surface area contributed by atoms with Gasteiger partial charge in [0, 0.05) is 0 Å². The molecule has 0 aliphatic heterocycles. The third-order valence-corrected chi connectivity index (χ3v) is 6.93. The van der Waals surface area contributed by atoms with Gasteiger partial charge in [0.1, 0.15) is 11.5 Å². The zero-order valence-electron chi connectivity index (χ0n) is 15.7. The van der Waals surface area contributed by atoms with Crippen molar-refractivity contribution in [2.45, 2.75) is 56.5 Å². The largest absolute Gasteiger partial charge is 0.457 e. The zero-order chi connectivity index (χ0) is 19.5. The molecule has 0 unspecified atom stereocenters. The SMILES string of the molecule is CC(C)S(=O)(=O)N[C@@H]1CCCC[C@@]1(F)c1ccc(Oc2ccccc2)cc1. The molecule has 1 aliphatic carbocycles. The lowest BCUT2D eigenvalue weighted by molar-refractivity contribution is 0.0712. The van der Waals surface area contributed by atoms with Crippen molar-refractivity contribution in [2.24, 2.45) is 0 Å². The molecule has 3 rings (SSSR count). The van der Waals surface area contributed by atoms with Gasteiger partial charge in [0.2, 0.25) is 10.0 Å². The minimum atomic E-state index is -3.54. The maximum Gasteiger partial charge on any atom is 0.214 e. The maximum absolute atomic E-state index is 16.0. The van der Waals surface area contributed by atoms with E-state index in [9.17, 15) is 8.42 Å². The summed E-state index contributed by atoms with van der Waals surface area (Å²) in [6.45, 7) is 3.20. The van der Waals surface area contributed by atoms with Gasteiger partial charge in [0.25, 0.3) is 0 Å². The van der Waals surface area contributed by atoms with Gasteiger partial charge in [-0.25, -0.2) is 17.5 Å². The molecule has 0 aromatic heterocycles. The van der Waals surface area contributed by atoms with Crippen LogP contribution < -0.4 is 9.46 Å². The van der Waals surface area contributed by atoms with Crippen LogP contribution in [0.1, 0.15) is 45.1 Å². The van der Waals surface area contributed by atoms with Crippen molar-refractivity contribution >= 4 is 10.0 Å². The lowest BCUT2D eigenvalue weighted by atomic mass is 9.77. The number of para-hydroxylation sites is 1. The molecule has 1 aliphatic rings. The maximum atomic E-state index is 16.0. The second-order valence-electron chi connectivity index (χ2n) is 7.31. The Morgan fingerprint density at radius 1 is 1.04 bits per heavy atom. The predicted molar refractivity (Wildman–Crippen MR) is 105 cm³/mol. The van der Waals surface area contributed by atoms with E-state index in [1.807, 2.05) is 30.3 Å². The van der Waals surface area contributed by atoms with E-state index in [2.05, 4.69) is 4.72 Å². The summed E-state index contributed by atoms with van der Waals surface area (Å²) in [5, 5.41) is -0.592. The van der Waals surface area contributed by atoms with E-state index in [4.69, 9.17) is 4.74 Å². The molecule has 1 N–H and O–H groups in total. The number of rotatable bonds is 6.